The van der Waals surface area contributed by atoms with Gasteiger partial charge in [-0.2, -0.15) is 0 Å². The smallest absolute Gasteiger partial charge is 0.227 e. The van der Waals surface area contributed by atoms with Gasteiger partial charge in [-0.15, -0.1) is 12.4 Å². The van der Waals surface area contributed by atoms with Gasteiger partial charge in [0.05, 0.1) is 0 Å². The number of benzene rings is 1. The summed E-state index contributed by atoms with van der Waals surface area (Å²) in [6, 6.07) is 8.29. The summed E-state index contributed by atoms with van der Waals surface area (Å²) >= 11 is 0. The van der Waals surface area contributed by atoms with Crippen molar-refractivity contribution >= 4 is 29.9 Å². The Morgan fingerprint density at radius 3 is 2.69 bits per heavy atom. The van der Waals surface area contributed by atoms with Crippen LogP contribution >= 0.6 is 12.4 Å². The van der Waals surface area contributed by atoms with E-state index in [4.69, 9.17) is 0 Å². The van der Waals surface area contributed by atoms with E-state index in [0.717, 1.165) is 51.0 Å². The molecule has 0 aliphatic carbocycles. The van der Waals surface area contributed by atoms with Crippen LogP contribution in [0.2, 0.25) is 0 Å². The first-order chi connectivity index (χ1) is 12.2. The molecular formula is C20H30ClN3O2. The zero-order valence-electron chi connectivity index (χ0n) is 15.5. The fourth-order valence-electron chi connectivity index (χ4n) is 3.96. The molecule has 1 atom stereocenters. The number of amides is 2. The molecule has 6 heteroatoms. The fraction of sp³-hybridized carbons (Fsp3) is 0.600. The summed E-state index contributed by atoms with van der Waals surface area (Å²) in [5.41, 5.74) is 2.08. The number of para-hydroxylation sites is 1. The number of anilines is 1. The summed E-state index contributed by atoms with van der Waals surface area (Å²) in [6.45, 7) is 4.91. The van der Waals surface area contributed by atoms with Crippen molar-refractivity contribution in [3.63, 3.8) is 0 Å². The SMILES string of the molecule is CCCN(C(=O)CCC1Cc2ccccc2NC1=O)C1CCNCC1.Cl. The molecule has 2 N–H and O–H groups in total. The van der Waals surface area contributed by atoms with E-state index in [9.17, 15) is 9.59 Å². The maximum atomic E-state index is 12.8. The molecule has 2 aliphatic rings. The predicted molar refractivity (Wildman–Crippen MR) is 107 cm³/mol. The molecule has 2 heterocycles. The molecule has 2 aliphatic heterocycles. The highest BCUT2D eigenvalue weighted by molar-refractivity contribution is 5.96. The molecule has 0 saturated carbocycles. The van der Waals surface area contributed by atoms with E-state index in [2.05, 4.69) is 28.5 Å². The van der Waals surface area contributed by atoms with Gasteiger partial charge in [0.25, 0.3) is 0 Å². The summed E-state index contributed by atoms with van der Waals surface area (Å²) in [5, 5.41) is 6.34. The van der Waals surface area contributed by atoms with Crippen molar-refractivity contribution in [2.45, 2.75) is 51.5 Å². The molecule has 26 heavy (non-hydrogen) atoms. The Hall–Kier alpha value is -1.59. The van der Waals surface area contributed by atoms with Gasteiger partial charge in [0.2, 0.25) is 11.8 Å². The van der Waals surface area contributed by atoms with Gasteiger partial charge < -0.3 is 15.5 Å². The third-order valence-corrected chi connectivity index (χ3v) is 5.35. The molecule has 144 valence electrons. The van der Waals surface area contributed by atoms with E-state index >= 15 is 0 Å². The van der Waals surface area contributed by atoms with E-state index < -0.39 is 0 Å². The molecule has 1 saturated heterocycles. The first kappa shape index (κ1) is 20.7. The first-order valence-electron chi connectivity index (χ1n) is 9.58. The maximum Gasteiger partial charge on any atom is 0.227 e. The second kappa shape index (κ2) is 9.93. The zero-order valence-corrected chi connectivity index (χ0v) is 16.3. The molecule has 1 aromatic carbocycles. The Morgan fingerprint density at radius 2 is 1.96 bits per heavy atom. The lowest BCUT2D eigenvalue weighted by molar-refractivity contribution is -0.134. The Bertz CT molecular complexity index is 617. The highest BCUT2D eigenvalue weighted by Crippen LogP contribution is 2.28. The van der Waals surface area contributed by atoms with Crippen LogP contribution in [0.3, 0.4) is 0 Å². The number of fused-ring (bicyclic) bond motifs is 1. The number of hydrogen-bond donors (Lipinski definition) is 2. The second-order valence-corrected chi connectivity index (χ2v) is 7.15. The summed E-state index contributed by atoms with van der Waals surface area (Å²) in [6.07, 6.45) is 4.86. The van der Waals surface area contributed by atoms with Gasteiger partial charge in [0.1, 0.15) is 0 Å². The van der Waals surface area contributed by atoms with Gasteiger partial charge in [-0.1, -0.05) is 25.1 Å². The monoisotopic (exact) mass is 379 g/mol. The number of nitrogens with zero attached hydrogens (tertiary/aromatic N) is 1. The van der Waals surface area contributed by atoms with Gasteiger partial charge in [-0.3, -0.25) is 9.59 Å². The van der Waals surface area contributed by atoms with Crippen molar-refractivity contribution in [2.24, 2.45) is 5.92 Å². The van der Waals surface area contributed by atoms with Crippen LogP contribution in [-0.4, -0.2) is 42.4 Å². The molecule has 2 amide bonds. The van der Waals surface area contributed by atoms with Crippen LogP contribution in [0.25, 0.3) is 0 Å². The third kappa shape index (κ3) is 4.98. The number of hydrogen-bond acceptors (Lipinski definition) is 3. The molecule has 0 bridgehead atoms. The largest absolute Gasteiger partial charge is 0.340 e. The average Bonchev–Trinajstić information content (AvgIpc) is 2.65. The van der Waals surface area contributed by atoms with E-state index in [1.807, 2.05) is 18.2 Å². The summed E-state index contributed by atoms with van der Waals surface area (Å²) < 4.78 is 0. The van der Waals surface area contributed by atoms with Crippen LogP contribution in [0.1, 0.15) is 44.6 Å². The van der Waals surface area contributed by atoms with Crippen molar-refractivity contribution in [3.05, 3.63) is 29.8 Å². The summed E-state index contributed by atoms with van der Waals surface area (Å²) in [7, 11) is 0. The fourth-order valence-corrected chi connectivity index (χ4v) is 3.96. The van der Waals surface area contributed by atoms with Crippen molar-refractivity contribution in [1.82, 2.24) is 10.2 Å². The molecule has 5 nitrogen and oxygen atoms in total. The Morgan fingerprint density at radius 1 is 1.23 bits per heavy atom. The molecular weight excluding hydrogens is 350 g/mol. The molecule has 1 aromatic rings. The first-order valence-corrected chi connectivity index (χ1v) is 9.58. The van der Waals surface area contributed by atoms with E-state index in [0.29, 0.717) is 18.9 Å². The number of rotatable bonds is 6. The van der Waals surface area contributed by atoms with Crippen LogP contribution in [0.4, 0.5) is 5.69 Å². The third-order valence-electron chi connectivity index (χ3n) is 5.35. The van der Waals surface area contributed by atoms with Crippen molar-refractivity contribution in [3.8, 4) is 0 Å². The lowest BCUT2D eigenvalue weighted by atomic mass is 9.89. The van der Waals surface area contributed by atoms with Crippen LogP contribution in [0, 0.1) is 5.92 Å². The quantitative estimate of drug-likeness (QED) is 0.798. The van der Waals surface area contributed by atoms with Crippen molar-refractivity contribution in [2.75, 3.05) is 25.0 Å². The lowest BCUT2D eigenvalue weighted by Crippen LogP contribution is -2.46. The molecule has 3 rings (SSSR count). The highest BCUT2D eigenvalue weighted by atomic mass is 35.5. The van der Waals surface area contributed by atoms with Gasteiger partial charge in [-0.05, 0) is 56.8 Å². The molecule has 0 spiro atoms. The van der Waals surface area contributed by atoms with Crippen LogP contribution in [0.15, 0.2) is 24.3 Å². The molecule has 0 radical (unpaired) electrons. The predicted octanol–water partition coefficient (Wildman–Crippen LogP) is 2.99. The van der Waals surface area contributed by atoms with Gasteiger partial charge in [-0.25, -0.2) is 0 Å². The number of nitrogens with one attached hydrogen (secondary N) is 2. The van der Waals surface area contributed by atoms with Crippen molar-refractivity contribution < 1.29 is 9.59 Å². The maximum absolute atomic E-state index is 12.8. The van der Waals surface area contributed by atoms with Gasteiger partial charge in [0, 0.05) is 30.6 Å². The number of carbonyl (C=O) groups is 2. The lowest BCUT2D eigenvalue weighted by Gasteiger charge is -2.35. The standard InChI is InChI=1S/C20H29N3O2.ClH/c1-2-13-23(17-9-11-21-12-10-17)19(24)8-7-16-14-15-5-3-4-6-18(15)22-20(16)25;/h3-6,16-17,21H,2,7-14H2,1H3,(H,22,25);1H. The van der Waals surface area contributed by atoms with Gasteiger partial charge >= 0.3 is 0 Å². The van der Waals surface area contributed by atoms with E-state index in [1.165, 1.54) is 5.56 Å². The Labute approximate surface area is 162 Å². The number of carbonyl (C=O) groups excluding carboxylic acids is 2. The number of halogens is 1. The average molecular weight is 380 g/mol. The number of piperidine rings is 1. The summed E-state index contributed by atoms with van der Waals surface area (Å²) in [5.74, 6) is 0.158. The normalized spacial score (nSPS) is 19.9. The minimum atomic E-state index is -0.102. The molecule has 1 unspecified atom stereocenters. The summed E-state index contributed by atoms with van der Waals surface area (Å²) in [4.78, 5) is 27.2. The van der Waals surface area contributed by atoms with Crippen LogP contribution in [0.5, 0.6) is 0 Å². The Kier molecular flexibility index (Phi) is 7.91. The Balaban J connectivity index is 0.00000243. The van der Waals surface area contributed by atoms with Crippen LogP contribution < -0.4 is 10.6 Å². The highest BCUT2D eigenvalue weighted by Gasteiger charge is 2.29. The molecule has 0 aromatic heterocycles. The zero-order chi connectivity index (χ0) is 17.6. The van der Waals surface area contributed by atoms with Crippen LogP contribution in [-0.2, 0) is 16.0 Å². The topological polar surface area (TPSA) is 61.4 Å². The minimum absolute atomic E-state index is 0. The van der Waals surface area contributed by atoms with Gasteiger partial charge in [0.15, 0.2) is 0 Å². The van der Waals surface area contributed by atoms with E-state index in [1.54, 1.807) is 0 Å². The minimum Gasteiger partial charge on any atom is -0.340 e. The van der Waals surface area contributed by atoms with Crippen molar-refractivity contribution in [1.29, 1.82) is 0 Å². The van der Waals surface area contributed by atoms with E-state index in [-0.39, 0.29) is 30.1 Å². The molecule has 1 fully saturated rings. The second-order valence-electron chi connectivity index (χ2n) is 7.15.